The highest BCUT2D eigenvalue weighted by atomic mass is 35.5. The van der Waals surface area contributed by atoms with Gasteiger partial charge in [0, 0.05) is 11.8 Å². The Hall–Kier alpha value is -2.79. The van der Waals surface area contributed by atoms with Gasteiger partial charge in [-0.25, -0.2) is 4.79 Å². The van der Waals surface area contributed by atoms with Crippen LogP contribution in [0.4, 0.5) is 0 Å². The first kappa shape index (κ1) is 19.0. The summed E-state index contributed by atoms with van der Waals surface area (Å²) in [6.07, 6.45) is 2.15. The lowest BCUT2D eigenvalue weighted by atomic mass is 10.1. The minimum absolute atomic E-state index is 0.312. The number of nitrogens with zero attached hydrogens (tertiary/aromatic N) is 1. The summed E-state index contributed by atoms with van der Waals surface area (Å²) >= 11 is 6.37. The fourth-order valence-electron chi connectivity index (χ4n) is 2.75. The lowest BCUT2D eigenvalue weighted by Crippen LogP contribution is -2.31. The summed E-state index contributed by atoms with van der Waals surface area (Å²) in [6, 6.07) is 11.3. The van der Waals surface area contributed by atoms with Crippen LogP contribution >= 0.6 is 11.6 Å². The van der Waals surface area contributed by atoms with E-state index in [2.05, 4.69) is 4.98 Å². The van der Waals surface area contributed by atoms with Crippen LogP contribution < -0.4 is 16.0 Å². The smallest absolute Gasteiger partial charge is 0.328 e. The summed E-state index contributed by atoms with van der Waals surface area (Å²) in [5, 5.41) is 0.457. The van der Waals surface area contributed by atoms with Crippen molar-refractivity contribution < 1.29 is 4.74 Å². The molecule has 0 aliphatic carbocycles. The molecule has 1 aromatic heterocycles. The summed E-state index contributed by atoms with van der Waals surface area (Å²) in [5.74, 6) is 1.27. The van der Waals surface area contributed by atoms with Crippen molar-refractivity contribution in [1.29, 1.82) is 0 Å². The van der Waals surface area contributed by atoms with Crippen molar-refractivity contribution in [3.63, 3.8) is 0 Å². The van der Waals surface area contributed by atoms with Crippen LogP contribution in [0.1, 0.15) is 29.2 Å². The zero-order valence-electron chi connectivity index (χ0n) is 15.5. The first-order valence-electron chi connectivity index (χ1n) is 8.73. The van der Waals surface area contributed by atoms with Crippen molar-refractivity contribution in [3.05, 3.63) is 90.7 Å². The maximum absolute atomic E-state index is 12.0. The Kier molecular flexibility index (Phi) is 5.51. The normalized spacial score (nSPS) is 10.8. The molecule has 27 heavy (non-hydrogen) atoms. The molecule has 5 nitrogen and oxygen atoms in total. The molecule has 0 fully saturated rings. The van der Waals surface area contributed by atoms with Crippen molar-refractivity contribution in [2.24, 2.45) is 0 Å². The second kappa shape index (κ2) is 7.84. The van der Waals surface area contributed by atoms with Gasteiger partial charge in [-0.05, 0) is 61.2 Å². The molecule has 3 aromatic rings. The van der Waals surface area contributed by atoms with Crippen LogP contribution in [0.3, 0.4) is 0 Å². The third-order valence-corrected chi connectivity index (χ3v) is 4.82. The molecule has 0 aliphatic rings. The lowest BCUT2D eigenvalue weighted by molar-refractivity contribution is 0.482. The quantitative estimate of drug-likeness (QED) is 0.716. The fourth-order valence-corrected chi connectivity index (χ4v) is 2.99. The first-order chi connectivity index (χ1) is 12.9. The van der Waals surface area contributed by atoms with Crippen molar-refractivity contribution in [2.45, 2.75) is 33.7 Å². The zero-order chi connectivity index (χ0) is 19.6. The number of aromatic amines is 1. The Morgan fingerprint density at radius 1 is 1.07 bits per heavy atom. The van der Waals surface area contributed by atoms with Crippen LogP contribution in [-0.4, -0.2) is 9.55 Å². The largest absolute Gasteiger partial charge is 0.456 e. The molecule has 1 heterocycles. The second-order valence-electron chi connectivity index (χ2n) is 6.51. The van der Waals surface area contributed by atoms with E-state index in [1.54, 1.807) is 18.3 Å². The van der Waals surface area contributed by atoms with Gasteiger partial charge < -0.3 is 4.74 Å². The Morgan fingerprint density at radius 2 is 1.85 bits per heavy atom. The molecule has 1 N–H and O–H groups in total. The van der Waals surface area contributed by atoms with E-state index in [1.165, 1.54) is 10.1 Å². The van der Waals surface area contributed by atoms with E-state index in [-0.39, 0.29) is 5.56 Å². The van der Waals surface area contributed by atoms with Crippen LogP contribution in [0.5, 0.6) is 11.5 Å². The molecule has 3 rings (SSSR count). The third kappa shape index (κ3) is 4.31. The Labute approximate surface area is 162 Å². The number of rotatable bonds is 5. The number of benzene rings is 2. The van der Waals surface area contributed by atoms with Gasteiger partial charge in [0.1, 0.15) is 11.5 Å². The van der Waals surface area contributed by atoms with E-state index >= 15 is 0 Å². The van der Waals surface area contributed by atoms with Crippen molar-refractivity contribution >= 4 is 11.6 Å². The highest BCUT2D eigenvalue weighted by molar-refractivity contribution is 6.32. The van der Waals surface area contributed by atoms with Gasteiger partial charge in [0.05, 0.1) is 11.6 Å². The van der Waals surface area contributed by atoms with Gasteiger partial charge in [-0.15, -0.1) is 0 Å². The summed E-state index contributed by atoms with van der Waals surface area (Å²) in [7, 11) is 0. The van der Waals surface area contributed by atoms with Crippen molar-refractivity contribution in [1.82, 2.24) is 9.55 Å². The SMILES string of the molecule is CCc1cn(Cc2ccc(Oc3ccc(C)c(C)c3)c(Cl)c2)c(=O)[nH]c1=O. The Balaban J connectivity index is 1.84. The van der Waals surface area contributed by atoms with E-state index in [9.17, 15) is 9.59 Å². The number of nitrogens with one attached hydrogen (secondary N) is 1. The van der Waals surface area contributed by atoms with Crippen LogP contribution in [-0.2, 0) is 13.0 Å². The number of aryl methyl sites for hydroxylation is 3. The molecule has 0 amide bonds. The molecule has 0 spiro atoms. The number of hydrogen-bond acceptors (Lipinski definition) is 3. The summed E-state index contributed by atoms with van der Waals surface area (Å²) in [6.45, 7) is 6.25. The van der Waals surface area contributed by atoms with Crippen LogP contribution in [0.2, 0.25) is 5.02 Å². The van der Waals surface area contributed by atoms with Crippen LogP contribution in [0.25, 0.3) is 0 Å². The molecule has 0 aliphatic heterocycles. The number of aromatic nitrogens is 2. The molecular formula is C21H21ClN2O3. The highest BCUT2D eigenvalue weighted by Crippen LogP contribution is 2.31. The van der Waals surface area contributed by atoms with Gasteiger partial charge in [-0.2, -0.15) is 0 Å². The highest BCUT2D eigenvalue weighted by Gasteiger charge is 2.08. The standard InChI is InChI=1S/C21H21ClN2O3/c1-4-16-12-24(21(26)23-20(16)25)11-15-6-8-19(18(22)10-15)27-17-7-5-13(2)14(3)9-17/h5-10,12H,4,11H2,1-3H3,(H,23,25,26). The van der Waals surface area contributed by atoms with Gasteiger partial charge in [0.25, 0.3) is 5.56 Å². The molecule has 140 valence electrons. The van der Waals surface area contributed by atoms with E-state index in [1.807, 2.05) is 45.0 Å². The molecular weight excluding hydrogens is 364 g/mol. The minimum atomic E-state index is -0.441. The average molecular weight is 385 g/mol. The van der Waals surface area contributed by atoms with Crippen LogP contribution in [0, 0.1) is 13.8 Å². The fraction of sp³-hybridized carbons (Fsp3) is 0.238. The molecule has 0 unspecified atom stereocenters. The molecule has 0 saturated heterocycles. The monoisotopic (exact) mass is 384 g/mol. The second-order valence-corrected chi connectivity index (χ2v) is 6.92. The number of hydrogen-bond donors (Lipinski definition) is 1. The Bertz CT molecular complexity index is 1100. The number of ether oxygens (including phenoxy) is 1. The van der Waals surface area contributed by atoms with Gasteiger partial charge in [0.2, 0.25) is 0 Å². The lowest BCUT2D eigenvalue weighted by Gasteiger charge is -2.12. The third-order valence-electron chi connectivity index (χ3n) is 4.52. The number of halogens is 1. The number of H-pyrrole nitrogens is 1. The summed E-state index contributed by atoms with van der Waals surface area (Å²) in [5.41, 5.74) is 2.96. The zero-order valence-corrected chi connectivity index (χ0v) is 16.3. The molecule has 2 aromatic carbocycles. The van der Waals surface area contributed by atoms with E-state index < -0.39 is 5.69 Å². The van der Waals surface area contributed by atoms with Crippen LogP contribution in [0.15, 0.2) is 52.2 Å². The predicted octanol–water partition coefficient (Wildman–Crippen LogP) is 4.21. The predicted molar refractivity (Wildman–Crippen MR) is 107 cm³/mol. The molecule has 0 atom stereocenters. The average Bonchev–Trinajstić information content (AvgIpc) is 2.62. The summed E-state index contributed by atoms with van der Waals surface area (Å²) < 4.78 is 7.35. The molecule has 6 heteroatoms. The maximum Gasteiger partial charge on any atom is 0.328 e. The minimum Gasteiger partial charge on any atom is -0.456 e. The van der Waals surface area contributed by atoms with Gasteiger partial charge in [0.15, 0.2) is 0 Å². The maximum atomic E-state index is 12.0. The molecule has 0 bridgehead atoms. The van der Waals surface area contributed by atoms with Crippen molar-refractivity contribution in [2.75, 3.05) is 0 Å². The van der Waals surface area contributed by atoms with Gasteiger partial charge in [-0.1, -0.05) is 30.7 Å². The Morgan fingerprint density at radius 3 is 2.52 bits per heavy atom. The van der Waals surface area contributed by atoms with E-state index in [0.717, 1.165) is 16.9 Å². The van der Waals surface area contributed by atoms with Crippen molar-refractivity contribution in [3.8, 4) is 11.5 Å². The molecule has 0 radical (unpaired) electrons. The topological polar surface area (TPSA) is 64.1 Å². The van der Waals surface area contributed by atoms with E-state index in [4.69, 9.17) is 16.3 Å². The molecule has 0 saturated carbocycles. The van der Waals surface area contributed by atoms with Gasteiger partial charge >= 0.3 is 5.69 Å². The van der Waals surface area contributed by atoms with Gasteiger partial charge in [-0.3, -0.25) is 14.3 Å². The summed E-state index contributed by atoms with van der Waals surface area (Å²) in [4.78, 5) is 26.0. The van der Waals surface area contributed by atoms with E-state index in [0.29, 0.717) is 29.3 Å². The first-order valence-corrected chi connectivity index (χ1v) is 9.11.